The molecule has 0 heterocycles. The van der Waals surface area contributed by atoms with E-state index in [0.717, 1.165) is 22.6 Å². The van der Waals surface area contributed by atoms with Crippen molar-refractivity contribution in [2.24, 2.45) is 0 Å². The molecule has 0 radical (unpaired) electrons. The molecular formula is C20H24N2O3. The quantitative estimate of drug-likeness (QED) is 0.843. The largest absolute Gasteiger partial charge is 0.496 e. The predicted octanol–water partition coefficient (Wildman–Crippen LogP) is 3.06. The zero-order valence-electron chi connectivity index (χ0n) is 14.9. The molecule has 0 atom stereocenters. The minimum absolute atomic E-state index is 0.0770. The van der Waals surface area contributed by atoms with Crippen molar-refractivity contribution < 1.29 is 14.3 Å². The maximum atomic E-state index is 12.2. The average Bonchev–Trinajstić information content (AvgIpc) is 2.61. The SMILES string of the molecule is COc1ccccc1CNC(=O)CCN(C(C)=O)c1ccccc1C. The van der Waals surface area contributed by atoms with E-state index in [4.69, 9.17) is 4.74 Å². The van der Waals surface area contributed by atoms with Crippen LogP contribution in [-0.4, -0.2) is 25.5 Å². The highest BCUT2D eigenvalue weighted by Gasteiger charge is 2.15. The van der Waals surface area contributed by atoms with Gasteiger partial charge in [-0.1, -0.05) is 36.4 Å². The molecule has 25 heavy (non-hydrogen) atoms. The van der Waals surface area contributed by atoms with E-state index in [9.17, 15) is 9.59 Å². The standard InChI is InChI=1S/C20H24N2O3/c1-15-8-4-6-10-18(15)22(16(2)23)13-12-20(24)21-14-17-9-5-7-11-19(17)25-3/h4-11H,12-14H2,1-3H3,(H,21,24). The van der Waals surface area contributed by atoms with E-state index in [2.05, 4.69) is 5.32 Å². The number of ether oxygens (including phenoxy) is 1. The maximum absolute atomic E-state index is 12.2. The molecule has 5 heteroatoms. The molecule has 0 saturated heterocycles. The number of benzene rings is 2. The Kier molecular flexibility index (Phi) is 6.57. The summed E-state index contributed by atoms with van der Waals surface area (Å²) in [5.74, 6) is 0.561. The van der Waals surface area contributed by atoms with E-state index in [1.54, 1.807) is 12.0 Å². The highest BCUT2D eigenvalue weighted by Crippen LogP contribution is 2.20. The molecule has 2 aromatic carbocycles. The summed E-state index contributed by atoms with van der Waals surface area (Å²) in [6, 6.07) is 15.2. The van der Waals surface area contributed by atoms with E-state index >= 15 is 0 Å². The fourth-order valence-corrected chi connectivity index (χ4v) is 2.66. The summed E-state index contributed by atoms with van der Waals surface area (Å²) in [6.07, 6.45) is 0.239. The second kappa shape index (κ2) is 8.87. The minimum Gasteiger partial charge on any atom is -0.496 e. The monoisotopic (exact) mass is 340 g/mol. The van der Waals surface area contributed by atoms with Gasteiger partial charge in [-0.2, -0.15) is 0 Å². The molecule has 2 rings (SSSR count). The Morgan fingerprint density at radius 2 is 1.76 bits per heavy atom. The Hall–Kier alpha value is -2.82. The summed E-state index contributed by atoms with van der Waals surface area (Å²) in [7, 11) is 1.60. The molecule has 0 fully saturated rings. The Balaban J connectivity index is 1.93. The summed E-state index contributed by atoms with van der Waals surface area (Å²) in [5, 5.41) is 2.88. The van der Waals surface area contributed by atoms with E-state index in [-0.39, 0.29) is 18.2 Å². The zero-order chi connectivity index (χ0) is 18.2. The fourth-order valence-electron chi connectivity index (χ4n) is 2.66. The first-order valence-electron chi connectivity index (χ1n) is 8.25. The minimum atomic E-state index is -0.106. The first kappa shape index (κ1) is 18.5. The molecule has 0 saturated carbocycles. The van der Waals surface area contributed by atoms with Gasteiger partial charge in [-0.15, -0.1) is 0 Å². The molecule has 0 aliphatic carbocycles. The predicted molar refractivity (Wildman–Crippen MR) is 98.7 cm³/mol. The first-order chi connectivity index (χ1) is 12.0. The topological polar surface area (TPSA) is 58.6 Å². The van der Waals surface area contributed by atoms with Crippen LogP contribution < -0.4 is 15.0 Å². The first-order valence-corrected chi connectivity index (χ1v) is 8.25. The number of nitrogens with one attached hydrogen (secondary N) is 1. The molecule has 2 aromatic rings. The number of nitrogens with zero attached hydrogens (tertiary/aromatic N) is 1. The van der Waals surface area contributed by atoms with Gasteiger partial charge in [0.25, 0.3) is 0 Å². The molecule has 2 amide bonds. The number of rotatable bonds is 7. The van der Waals surface area contributed by atoms with Crippen molar-refractivity contribution in [1.82, 2.24) is 5.32 Å². The molecule has 1 N–H and O–H groups in total. The lowest BCUT2D eigenvalue weighted by Gasteiger charge is -2.22. The van der Waals surface area contributed by atoms with E-state index in [0.29, 0.717) is 13.1 Å². The van der Waals surface area contributed by atoms with Crippen LogP contribution in [0.2, 0.25) is 0 Å². The summed E-state index contributed by atoms with van der Waals surface area (Å²) in [4.78, 5) is 25.8. The van der Waals surface area contributed by atoms with Gasteiger partial charge in [0.2, 0.25) is 11.8 Å². The average molecular weight is 340 g/mol. The molecule has 0 spiro atoms. The molecule has 132 valence electrons. The Labute approximate surface area is 148 Å². The third-order valence-corrected chi connectivity index (χ3v) is 4.02. The zero-order valence-corrected chi connectivity index (χ0v) is 14.9. The van der Waals surface area contributed by atoms with Crippen LogP contribution in [0.3, 0.4) is 0 Å². The van der Waals surface area contributed by atoms with Crippen LogP contribution in [0.1, 0.15) is 24.5 Å². The molecule has 0 bridgehead atoms. The Morgan fingerprint density at radius 1 is 1.08 bits per heavy atom. The van der Waals surface area contributed by atoms with Crippen LogP contribution >= 0.6 is 0 Å². The van der Waals surface area contributed by atoms with Crippen LogP contribution in [0.25, 0.3) is 0 Å². The van der Waals surface area contributed by atoms with Gasteiger partial charge in [0, 0.05) is 37.7 Å². The lowest BCUT2D eigenvalue weighted by Crippen LogP contribution is -2.34. The third-order valence-electron chi connectivity index (χ3n) is 4.02. The highest BCUT2D eigenvalue weighted by molar-refractivity contribution is 5.93. The van der Waals surface area contributed by atoms with Gasteiger partial charge in [0.1, 0.15) is 5.75 Å². The summed E-state index contributed by atoms with van der Waals surface area (Å²) < 4.78 is 5.27. The second-order valence-electron chi connectivity index (χ2n) is 5.80. The van der Waals surface area contributed by atoms with Crippen molar-refractivity contribution in [1.29, 1.82) is 0 Å². The van der Waals surface area contributed by atoms with E-state index in [1.165, 1.54) is 6.92 Å². The molecule has 0 unspecified atom stereocenters. The van der Waals surface area contributed by atoms with Crippen LogP contribution in [0, 0.1) is 6.92 Å². The Bertz CT molecular complexity index is 743. The number of hydrogen-bond donors (Lipinski definition) is 1. The van der Waals surface area contributed by atoms with Gasteiger partial charge in [0.15, 0.2) is 0 Å². The number of carbonyl (C=O) groups is 2. The summed E-state index contributed by atoms with van der Waals surface area (Å²) >= 11 is 0. The van der Waals surface area contributed by atoms with Gasteiger partial charge in [-0.3, -0.25) is 9.59 Å². The number of methoxy groups -OCH3 is 1. The lowest BCUT2D eigenvalue weighted by atomic mass is 10.1. The summed E-state index contributed by atoms with van der Waals surface area (Å²) in [5.41, 5.74) is 2.76. The number of para-hydroxylation sites is 2. The molecule has 5 nitrogen and oxygen atoms in total. The van der Waals surface area contributed by atoms with Gasteiger partial charge >= 0.3 is 0 Å². The van der Waals surface area contributed by atoms with Crippen molar-refractivity contribution in [2.75, 3.05) is 18.6 Å². The van der Waals surface area contributed by atoms with Crippen molar-refractivity contribution in [3.63, 3.8) is 0 Å². The maximum Gasteiger partial charge on any atom is 0.223 e. The smallest absolute Gasteiger partial charge is 0.223 e. The highest BCUT2D eigenvalue weighted by atomic mass is 16.5. The van der Waals surface area contributed by atoms with Crippen molar-refractivity contribution in [2.45, 2.75) is 26.8 Å². The van der Waals surface area contributed by atoms with Crippen LogP contribution in [0.4, 0.5) is 5.69 Å². The normalized spacial score (nSPS) is 10.2. The van der Waals surface area contributed by atoms with Crippen LogP contribution in [0.15, 0.2) is 48.5 Å². The number of amides is 2. The second-order valence-corrected chi connectivity index (χ2v) is 5.80. The lowest BCUT2D eigenvalue weighted by molar-refractivity contribution is -0.121. The van der Waals surface area contributed by atoms with Crippen molar-refractivity contribution in [3.8, 4) is 5.75 Å². The van der Waals surface area contributed by atoms with Crippen LogP contribution in [-0.2, 0) is 16.1 Å². The third kappa shape index (κ3) is 5.08. The molecule has 0 aliphatic rings. The van der Waals surface area contributed by atoms with Gasteiger partial charge in [-0.05, 0) is 24.6 Å². The number of carbonyl (C=O) groups excluding carboxylic acids is 2. The number of hydrogen-bond acceptors (Lipinski definition) is 3. The van der Waals surface area contributed by atoms with Gasteiger partial charge in [-0.25, -0.2) is 0 Å². The van der Waals surface area contributed by atoms with Crippen molar-refractivity contribution >= 4 is 17.5 Å². The van der Waals surface area contributed by atoms with E-state index in [1.807, 2.05) is 55.5 Å². The molecule has 0 aromatic heterocycles. The number of anilines is 1. The fraction of sp³-hybridized carbons (Fsp3) is 0.300. The van der Waals surface area contributed by atoms with Crippen molar-refractivity contribution in [3.05, 3.63) is 59.7 Å². The van der Waals surface area contributed by atoms with E-state index < -0.39 is 0 Å². The molecular weight excluding hydrogens is 316 g/mol. The number of aryl methyl sites for hydroxylation is 1. The summed E-state index contributed by atoms with van der Waals surface area (Å²) in [6.45, 7) is 4.21. The molecule has 0 aliphatic heterocycles. The Morgan fingerprint density at radius 3 is 2.44 bits per heavy atom. The van der Waals surface area contributed by atoms with Gasteiger partial charge in [0.05, 0.1) is 7.11 Å². The van der Waals surface area contributed by atoms with Gasteiger partial charge < -0.3 is 15.0 Å². The van der Waals surface area contributed by atoms with Crippen LogP contribution in [0.5, 0.6) is 5.75 Å².